The van der Waals surface area contributed by atoms with E-state index < -0.39 is 38.3 Å². The molecule has 0 amide bonds. The van der Waals surface area contributed by atoms with E-state index in [-0.39, 0.29) is 18.5 Å². The molecule has 124 valence electrons. The van der Waals surface area contributed by atoms with E-state index in [0.717, 1.165) is 0 Å². The molecule has 0 aromatic carbocycles. The van der Waals surface area contributed by atoms with Crippen LogP contribution >= 0.6 is 12.2 Å². The Morgan fingerprint density at radius 1 is 1.00 bits per heavy atom. The first-order valence-electron chi connectivity index (χ1n) is 6.64. The minimum atomic E-state index is -4.39. The summed E-state index contributed by atoms with van der Waals surface area (Å²) in [5.74, 6) is 0. The number of nitrogens with two attached hydrogens (primary N) is 1. The number of alkyl halides is 6. The summed E-state index contributed by atoms with van der Waals surface area (Å²) in [5, 5.41) is 0. The molecular formula is C12H18F6N2S. The predicted octanol–water partition coefficient (Wildman–Crippen LogP) is 3.44. The second kappa shape index (κ2) is 7.23. The van der Waals surface area contributed by atoms with Gasteiger partial charge < -0.3 is 5.73 Å². The van der Waals surface area contributed by atoms with Gasteiger partial charge in [-0.25, -0.2) is 0 Å². The lowest BCUT2D eigenvalue weighted by atomic mass is 9.90. The highest BCUT2D eigenvalue weighted by Gasteiger charge is 2.34. The maximum Gasteiger partial charge on any atom is 0.390 e. The molecule has 0 heterocycles. The van der Waals surface area contributed by atoms with Crippen molar-refractivity contribution in [3.63, 3.8) is 0 Å². The third kappa shape index (κ3) is 7.42. The van der Waals surface area contributed by atoms with Crippen LogP contribution in [-0.2, 0) is 0 Å². The largest absolute Gasteiger partial charge is 0.390 e. The lowest BCUT2D eigenvalue weighted by Crippen LogP contribution is -2.47. The molecule has 2 unspecified atom stereocenters. The van der Waals surface area contributed by atoms with E-state index in [2.05, 4.69) is 0 Å². The number of hydrogen-bond donors (Lipinski definition) is 1. The topological polar surface area (TPSA) is 29.3 Å². The average Bonchev–Trinajstić information content (AvgIpc) is 2.30. The number of rotatable bonds is 5. The van der Waals surface area contributed by atoms with Gasteiger partial charge in [-0.05, 0) is 19.3 Å². The van der Waals surface area contributed by atoms with Crippen LogP contribution in [0.25, 0.3) is 0 Å². The monoisotopic (exact) mass is 336 g/mol. The summed E-state index contributed by atoms with van der Waals surface area (Å²) in [6.07, 6.45) is -9.77. The van der Waals surface area contributed by atoms with Crippen LogP contribution in [0.15, 0.2) is 0 Å². The molecule has 2 N–H and O–H groups in total. The van der Waals surface area contributed by atoms with Crippen LogP contribution < -0.4 is 5.73 Å². The first-order valence-corrected chi connectivity index (χ1v) is 7.04. The standard InChI is InChI=1S/C12H18F6N2S/c13-11(14,15)3-5-20(6-4-12(16,17)18)8-1-2-9(19)10(21)7-8/h8-9H,1-7,19H2. The molecule has 0 bridgehead atoms. The Labute approximate surface area is 124 Å². The fourth-order valence-electron chi connectivity index (χ4n) is 2.35. The summed E-state index contributed by atoms with van der Waals surface area (Å²) < 4.78 is 73.8. The normalized spacial score (nSPS) is 24.7. The Balaban J connectivity index is 2.64. The van der Waals surface area contributed by atoms with E-state index >= 15 is 0 Å². The maximum atomic E-state index is 12.3. The van der Waals surface area contributed by atoms with Crippen molar-refractivity contribution in [2.45, 2.75) is 56.5 Å². The van der Waals surface area contributed by atoms with Crippen LogP contribution in [0.2, 0.25) is 0 Å². The molecule has 0 saturated heterocycles. The van der Waals surface area contributed by atoms with Crippen molar-refractivity contribution in [3.8, 4) is 0 Å². The van der Waals surface area contributed by atoms with Gasteiger partial charge in [0.15, 0.2) is 0 Å². The van der Waals surface area contributed by atoms with Gasteiger partial charge in [-0.3, -0.25) is 4.90 Å². The number of halogens is 6. The van der Waals surface area contributed by atoms with E-state index in [1.807, 2.05) is 0 Å². The van der Waals surface area contributed by atoms with Gasteiger partial charge in [0.1, 0.15) is 0 Å². The Bertz CT molecular complexity index is 337. The molecule has 2 atom stereocenters. The van der Waals surface area contributed by atoms with Crippen molar-refractivity contribution < 1.29 is 26.3 Å². The number of thiocarbonyl (C=S) groups is 1. The van der Waals surface area contributed by atoms with Crippen LogP contribution in [0, 0.1) is 0 Å². The Kier molecular flexibility index (Phi) is 6.42. The summed E-state index contributed by atoms with van der Waals surface area (Å²) in [7, 11) is 0. The number of hydrogen-bond acceptors (Lipinski definition) is 3. The van der Waals surface area contributed by atoms with E-state index in [1.165, 1.54) is 4.90 Å². The van der Waals surface area contributed by atoms with Gasteiger partial charge in [-0.15, -0.1) is 0 Å². The maximum absolute atomic E-state index is 12.3. The SMILES string of the molecule is NC1CCC(N(CCC(F)(F)F)CCC(F)(F)F)CC1=S. The third-order valence-corrected chi connectivity index (χ3v) is 4.01. The predicted molar refractivity (Wildman–Crippen MR) is 71.1 cm³/mol. The molecule has 0 radical (unpaired) electrons. The summed E-state index contributed by atoms with van der Waals surface area (Å²) in [5.41, 5.74) is 5.71. The number of nitrogens with zero attached hydrogens (tertiary/aromatic N) is 1. The lowest BCUT2D eigenvalue weighted by Gasteiger charge is -2.36. The summed E-state index contributed by atoms with van der Waals surface area (Å²) in [6, 6.07) is -0.676. The molecule has 1 rings (SSSR count). The highest BCUT2D eigenvalue weighted by atomic mass is 32.1. The molecule has 21 heavy (non-hydrogen) atoms. The fraction of sp³-hybridized carbons (Fsp3) is 0.917. The second-order valence-electron chi connectivity index (χ2n) is 5.27. The zero-order chi connectivity index (χ0) is 16.3. The summed E-state index contributed by atoms with van der Waals surface area (Å²) >= 11 is 5.04. The van der Waals surface area contributed by atoms with Gasteiger partial charge in [-0.1, -0.05) is 12.2 Å². The highest BCUT2D eigenvalue weighted by Crippen LogP contribution is 2.27. The van der Waals surface area contributed by atoms with Crippen molar-refractivity contribution in [2.75, 3.05) is 13.1 Å². The Morgan fingerprint density at radius 2 is 1.48 bits per heavy atom. The van der Waals surface area contributed by atoms with Crippen LogP contribution in [0.4, 0.5) is 26.3 Å². The highest BCUT2D eigenvalue weighted by molar-refractivity contribution is 7.80. The van der Waals surface area contributed by atoms with Crippen LogP contribution in [0.5, 0.6) is 0 Å². The van der Waals surface area contributed by atoms with Crippen molar-refractivity contribution >= 4 is 17.1 Å². The summed E-state index contributed by atoms with van der Waals surface area (Å²) in [6.45, 7) is -0.885. The first kappa shape index (κ1) is 18.6. The average molecular weight is 336 g/mol. The van der Waals surface area contributed by atoms with Crippen molar-refractivity contribution in [3.05, 3.63) is 0 Å². The molecule has 0 spiro atoms. The summed E-state index contributed by atoms with van der Waals surface area (Å²) in [4.78, 5) is 1.77. The van der Waals surface area contributed by atoms with Gasteiger partial charge in [-0.2, -0.15) is 26.3 Å². The molecular weight excluding hydrogens is 318 g/mol. The van der Waals surface area contributed by atoms with E-state index in [9.17, 15) is 26.3 Å². The molecule has 0 aromatic rings. The Hall–Kier alpha value is -0.410. The molecule has 1 fully saturated rings. The lowest BCUT2D eigenvalue weighted by molar-refractivity contribution is -0.148. The molecule has 1 aliphatic carbocycles. The fourth-order valence-corrected chi connectivity index (χ4v) is 2.66. The quantitative estimate of drug-likeness (QED) is 0.616. The van der Waals surface area contributed by atoms with E-state index in [4.69, 9.17) is 18.0 Å². The molecule has 1 saturated carbocycles. The zero-order valence-corrected chi connectivity index (χ0v) is 12.1. The van der Waals surface area contributed by atoms with E-state index in [1.54, 1.807) is 0 Å². The van der Waals surface area contributed by atoms with Gasteiger partial charge in [0.25, 0.3) is 0 Å². The second-order valence-corrected chi connectivity index (χ2v) is 5.80. The molecule has 9 heteroatoms. The molecule has 1 aliphatic rings. The molecule has 0 aromatic heterocycles. The van der Waals surface area contributed by atoms with Gasteiger partial charge in [0.2, 0.25) is 0 Å². The zero-order valence-electron chi connectivity index (χ0n) is 11.3. The van der Waals surface area contributed by atoms with Gasteiger partial charge >= 0.3 is 12.4 Å². The van der Waals surface area contributed by atoms with Gasteiger partial charge in [0.05, 0.1) is 12.8 Å². The minimum absolute atomic E-state index is 0.284. The Morgan fingerprint density at radius 3 is 1.86 bits per heavy atom. The van der Waals surface area contributed by atoms with Gasteiger partial charge in [0, 0.05) is 30.0 Å². The third-order valence-electron chi connectivity index (χ3n) is 3.54. The van der Waals surface area contributed by atoms with Crippen LogP contribution in [-0.4, -0.2) is 47.3 Å². The van der Waals surface area contributed by atoms with Crippen molar-refractivity contribution in [2.24, 2.45) is 5.73 Å². The molecule has 0 aliphatic heterocycles. The van der Waals surface area contributed by atoms with Crippen molar-refractivity contribution in [1.29, 1.82) is 0 Å². The first-order chi connectivity index (χ1) is 9.48. The van der Waals surface area contributed by atoms with E-state index in [0.29, 0.717) is 17.7 Å². The smallest absolute Gasteiger partial charge is 0.324 e. The minimum Gasteiger partial charge on any atom is -0.324 e. The van der Waals surface area contributed by atoms with Crippen LogP contribution in [0.3, 0.4) is 0 Å². The van der Waals surface area contributed by atoms with Crippen molar-refractivity contribution in [1.82, 2.24) is 4.90 Å². The van der Waals surface area contributed by atoms with Crippen LogP contribution in [0.1, 0.15) is 32.1 Å². The molecule has 2 nitrogen and oxygen atoms in total.